The maximum absolute atomic E-state index is 4.82. The van der Waals surface area contributed by atoms with Gasteiger partial charge in [-0.1, -0.05) is 54.2 Å². The summed E-state index contributed by atoms with van der Waals surface area (Å²) < 4.78 is 3.55. The van der Waals surface area contributed by atoms with Gasteiger partial charge in [0.25, 0.3) is 0 Å². The van der Waals surface area contributed by atoms with Crippen LogP contribution in [0, 0.1) is 0 Å². The molecule has 1 saturated carbocycles. The van der Waals surface area contributed by atoms with Gasteiger partial charge in [0, 0.05) is 5.92 Å². The first-order valence-electron chi connectivity index (χ1n) is 9.27. The highest BCUT2D eigenvalue weighted by molar-refractivity contribution is 7.99. The lowest BCUT2D eigenvalue weighted by Crippen LogP contribution is -2.06. The SMILES string of the molecule is C[C@@H](Sc1nnc(C2CC2)n1Cc1ccccc1)c1nc2ccccc2s1. The van der Waals surface area contributed by atoms with Gasteiger partial charge >= 0.3 is 0 Å². The predicted octanol–water partition coefficient (Wildman–Crippen LogP) is 5.67. The molecule has 0 saturated heterocycles. The molecule has 0 amide bonds. The van der Waals surface area contributed by atoms with Crippen molar-refractivity contribution in [1.82, 2.24) is 19.7 Å². The molecule has 1 aliphatic rings. The highest BCUT2D eigenvalue weighted by atomic mass is 32.2. The van der Waals surface area contributed by atoms with Gasteiger partial charge < -0.3 is 4.57 Å². The number of thioether (sulfide) groups is 1. The van der Waals surface area contributed by atoms with E-state index in [0.717, 1.165) is 28.0 Å². The van der Waals surface area contributed by atoms with E-state index in [4.69, 9.17) is 4.98 Å². The van der Waals surface area contributed by atoms with E-state index in [9.17, 15) is 0 Å². The number of hydrogen-bond acceptors (Lipinski definition) is 5. The lowest BCUT2D eigenvalue weighted by Gasteiger charge is -2.12. The Hall–Kier alpha value is -2.18. The highest BCUT2D eigenvalue weighted by Crippen LogP contribution is 2.42. The summed E-state index contributed by atoms with van der Waals surface area (Å²) in [7, 11) is 0. The van der Waals surface area contributed by atoms with E-state index in [1.54, 1.807) is 23.1 Å². The van der Waals surface area contributed by atoms with Gasteiger partial charge in [-0.05, 0) is 37.5 Å². The summed E-state index contributed by atoms with van der Waals surface area (Å²) in [5.74, 6) is 1.71. The Morgan fingerprint density at radius 3 is 2.63 bits per heavy atom. The van der Waals surface area contributed by atoms with Gasteiger partial charge in [0.2, 0.25) is 0 Å². The van der Waals surface area contributed by atoms with Crippen LogP contribution in [0.15, 0.2) is 59.8 Å². The van der Waals surface area contributed by atoms with E-state index in [-0.39, 0.29) is 5.25 Å². The van der Waals surface area contributed by atoms with Crippen LogP contribution in [0.5, 0.6) is 0 Å². The molecule has 0 spiro atoms. The standard InChI is InChI=1S/C21H20N4S2/c1-14(20-22-17-9-5-6-10-18(17)27-20)26-21-24-23-19(16-11-12-16)25(21)13-15-7-3-2-4-8-15/h2-10,14,16H,11-13H2,1H3/t14-/m1/s1. The fourth-order valence-corrected chi connectivity index (χ4v) is 5.25. The molecule has 2 aromatic heterocycles. The Morgan fingerprint density at radius 2 is 1.85 bits per heavy atom. The smallest absolute Gasteiger partial charge is 0.192 e. The molecule has 1 aliphatic carbocycles. The third-order valence-corrected chi connectivity index (χ3v) is 7.27. The van der Waals surface area contributed by atoms with E-state index in [0.29, 0.717) is 5.92 Å². The topological polar surface area (TPSA) is 43.6 Å². The normalized spacial score (nSPS) is 15.3. The molecule has 2 heterocycles. The molecule has 136 valence electrons. The van der Waals surface area contributed by atoms with Crippen LogP contribution in [-0.2, 0) is 6.54 Å². The number of nitrogens with zero attached hydrogens (tertiary/aromatic N) is 4. The van der Waals surface area contributed by atoms with Gasteiger partial charge in [0.15, 0.2) is 5.16 Å². The molecule has 4 aromatic rings. The molecule has 27 heavy (non-hydrogen) atoms. The molecule has 4 nitrogen and oxygen atoms in total. The van der Waals surface area contributed by atoms with Crippen LogP contribution in [0.4, 0.5) is 0 Å². The average Bonchev–Trinajstić information content (AvgIpc) is 3.32. The Bertz CT molecular complexity index is 1030. The lowest BCUT2D eigenvalue weighted by atomic mass is 10.2. The Balaban J connectivity index is 1.44. The zero-order valence-electron chi connectivity index (χ0n) is 15.1. The molecule has 1 atom stereocenters. The predicted molar refractivity (Wildman–Crippen MR) is 111 cm³/mol. The van der Waals surface area contributed by atoms with Crippen molar-refractivity contribution in [3.63, 3.8) is 0 Å². The van der Waals surface area contributed by atoms with Gasteiger partial charge in [0.1, 0.15) is 10.8 Å². The molecule has 0 aliphatic heterocycles. The maximum Gasteiger partial charge on any atom is 0.192 e. The fourth-order valence-electron chi connectivity index (χ4n) is 3.22. The van der Waals surface area contributed by atoms with E-state index in [1.165, 1.54) is 23.1 Å². The number of para-hydroxylation sites is 1. The number of rotatable bonds is 6. The molecule has 0 radical (unpaired) electrons. The molecular formula is C21H20N4S2. The molecule has 0 bridgehead atoms. The van der Waals surface area contributed by atoms with Crippen LogP contribution in [0.2, 0.25) is 0 Å². The maximum atomic E-state index is 4.82. The fraction of sp³-hybridized carbons (Fsp3) is 0.286. The summed E-state index contributed by atoms with van der Waals surface area (Å²) in [5.41, 5.74) is 2.36. The zero-order chi connectivity index (χ0) is 18.2. The van der Waals surface area contributed by atoms with Crippen molar-refractivity contribution >= 4 is 33.3 Å². The molecule has 6 heteroatoms. The van der Waals surface area contributed by atoms with Gasteiger partial charge in [-0.2, -0.15) is 0 Å². The second-order valence-corrected chi connectivity index (χ2v) is 9.34. The minimum absolute atomic E-state index is 0.244. The molecule has 0 unspecified atom stereocenters. The molecule has 2 aromatic carbocycles. The largest absolute Gasteiger partial charge is 0.301 e. The zero-order valence-corrected chi connectivity index (χ0v) is 16.7. The quantitative estimate of drug-likeness (QED) is 0.397. The van der Waals surface area contributed by atoms with E-state index in [2.05, 4.69) is 70.2 Å². The first-order chi connectivity index (χ1) is 13.3. The second-order valence-electron chi connectivity index (χ2n) is 6.97. The van der Waals surface area contributed by atoms with Crippen molar-refractivity contribution in [2.45, 2.75) is 42.6 Å². The number of aromatic nitrogens is 4. The summed E-state index contributed by atoms with van der Waals surface area (Å²) in [5, 5.41) is 11.5. The number of hydrogen-bond donors (Lipinski definition) is 0. The first-order valence-corrected chi connectivity index (χ1v) is 11.0. The van der Waals surface area contributed by atoms with E-state index in [1.807, 2.05) is 6.07 Å². The van der Waals surface area contributed by atoms with Crippen LogP contribution < -0.4 is 0 Å². The Morgan fingerprint density at radius 1 is 1.07 bits per heavy atom. The van der Waals surface area contributed by atoms with E-state index >= 15 is 0 Å². The van der Waals surface area contributed by atoms with Crippen molar-refractivity contribution in [1.29, 1.82) is 0 Å². The molecule has 0 N–H and O–H groups in total. The minimum atomic E-state index is 0.244. The summed E-state index contributed by atoms with van der Waals surface area (Å²) >= 11 is 3.53. The monoisotopic (exact) mass is 392 g/mol. The summed E-state index contributed by atoms with van der Waals surface area (Å²) in [6.45, 7) is 3.04. The lowest BCUT2D eigenvalue weighted by molar-refractivity contribution is 0.666. The number of fused-ring (bicyclic) bond motifs is 1. The van der Waals surface area contributed by atoms with Crippen LogP contribution in [0.3, 0.4) is 0 Å². The summed E-state index contributed by atoms with van der Waals surface area (Å²) in [4.78, 5) is 4.82. The highest BCUT2D eigenvalue weighted by Gasteiger charge is 2.31. The van der Waals surface area contributed by atoms with Crippen LogP contribution in [0.25, 0.3) is 10.2 Å². The van der Waals surface area contributed by atoms with Crippen LogP contribution in [-0.4, -0.2) is 19.7 Å². The third-order valence-electron chi connectivity index (χ3n) is 4.81. The van der Waals surface area contributed by atoms with E-state index < -0.39 is 0 Å². The average molecular weight is 393 g/mol. The van der Waals surface area contributed by atoms with Crippen molar-refractivity contribution < 1.29 is 0 Å². The summed E-state index contributed by atoms with van der Waals surface area (Å²) in [6.07, 6.45) is 2.45. The van der Waals surface area contributed by atoms with Crippen molar-refractivity contribution in [2.24, 2.45) is 0 Å². The van der Waals surface area contributed by atoms with Crippen molar-refractivity contribution in [2.75, 3.05) is 0 Å². The summed E-state index contributed by atoms with van der Waals surface area (Å²) in [6, 6.07) is 18.9. The molecule has 5 rings (SSSR count). The van der Waals surface area contributed by atoms with Crippen LogP contribution in [0.1, 0.15) is 47.3 Å². The van der Waals surface area contributed by atoms with Gasteiger partial charge in [-0.25, -0.2) is 4.98 Å². The second kappa shape index (κ2) is 7.09. The van der Waals surface area contributed by atoms with Gasteiger partial charge in [0.05, 0.1) is 22.0 Å². The van der Waals surface area contributed by atoms with Gasteiger partial charge in [-0.3, -0.25) is 0 Å². The van der Waals surface area contributed by atoms with Crippen LogP contribution >= 0.6 is 23.1 Å². The van der Waals surface area contributed by atoms with Gasteiger partial charge in [-0.15, -0.1) is 21.5 Å². The Labute approximate surface area is 166 Å². The molecule has 1 fully saturated rings. The minimum Gasteiger partial charge on any atom is -0.301 e. The van der Waals surface area contributed by atoms with Crippen molar-refractivity contribution in [3.05, 3.63) is 71.0 Å². The first kappa shape index (κ1) is 17.0. The number of benzene rings is 2. The Kier molecular flexibility index (Phi) is 4.45. The number of thiazole rings is 1. The third kappa shape index (κ3) is 3.51. The van der Waals surface area contributed by atoms with Crippen molar-refractivity contribution in [3.8, 4) is 0 Å². The molecular weight excluding hydrogens is 372 g/mol.